The van der Waals surface area contributed by atoms with Crippen molar-refractivity contribution in [1.29, 1.82) is 0 Å². The van der Waals surface area contributed by atoms with Gasteiger partial charge in [-0.1, -0.05) is 11.5 Å². The molecule has 0 aliphatic heterocycles. The van der Waals surface area contributed by atoms with Crippen LogP contribution in [-0.2, 0) is 0 Å². The first-order chi connectivity index (χ1) is 5.41. The van der Waals surface area contributed by atoms with E-state index in [1.165, 1.54) is 6.20 Å². The minimum atomic E-state index is -4.99. The number of rotatable bonds is 1. The predicted molar refractivity (Wildman–Crippen MR) is 48.3 cm³/mol. The first-order valence-electron chi connectivity index (χ1n) is 2.92. The van der Waals surface area contributed by atoms with Crippen LogP contribution < -0.4 is 5.46 Å². The predicted octanol–water partition coefficient (Wildman–Crippen LogP) is 2.66. The first-order valence-corrected chi connectivity index (χ1v) is 4.51. The normalized spacial score (nSPS) is 11.8. The van der Waals surface area contributed by atoms with Crippen LogP contribution in [-0.4, -0.2) is 12.0 Å². The van der Waals surface area contributed by atoms with Gasteiger partial charge >= 0.3 is 6.98 Å². The Balaban J connectivity index is 3.23. The van der Waals surface area contributed by atoms with Gasteiger partial charge in [0.05, 0.1) is 4.60 Å². The van der Waals surface area contributed by atoms with E-state index in [-0.39, 0.29) is 4.60 Å². The van der Waals surface area contributed by atoms with Crippen LogP contribution in [0.3, 0.4) is 0 Å². The molecule has 0 aliphatic rings. The molecule has 0 N–H and O–H groups in total. The highest BCUT2D eigenvalue weighted by molar-refractivity contribution is 9.11. The molecule has 1 nitrogen and oxygen atoms in total. The summed E-state index contributed by atoms with van der Waals surface area (Å²) in [5.74, 6) is 0. The third kappa shape index (κ3) is 2.23. The zero-order valence-corrected chi connectivity index (χ0v) is 8.74. The molecule has 0 atom stereocenters. The smallest absolute Gasteiger partial charge is 0.445 e. The summed E-state index contributed by atoms with van der Waals surface area (Å²) in [6, 6.07) is 0.997. The third-order valence-corrected chi connectivity index (χ3v) is 2.28. The molecule has 0 unspecified atom stereocenters. The average Bonchev–Trinajstić information content (AvgIpc) is 1.92. The lowest BCUT2D eigenvalue weighted by Gasteiger charge is -2.15. The Morgan fingerprint density at radius 1 is 1.25 bits per heavy atom. The molecule has 0 radical (unpaired) electrons. The van der Waals surface area contributed by atoms with Crippen molar-refractivity contribution in [2.45, 2.75) is 0 Å². The number of hydrogen-bond acceptors (Lipinski definition) is 1. The van der Waals surface area contributed by atoms with Gasteiger partial charge < -0.3 is 12.9 Å². The van der Waals surface area contributed by atoms with E-state index in [1.807, 2.05) is 0 Å². The zero-order valence-electron chi connectivity index (χ0n) is 5.57. The number of pyridine rings is 1. The van der Waals surface area contributed by atoms with Gasteiger partial charge in [0.2, 0.25) is 0 Å². The van der Waals surface area contributed by atoms with Crippen LogP contribution >= 0.6 is 31.9 Å². The maximum Gasteiger partial charge on any atom is 0.512 e. The number of hydrogen-bond donors (Lipinski definition) is 0. The Labute approximate surface area is 83.7 Å². The summed E-state index contributed by atoms with van der Waals surface area (Å²) in [4.78, 5) is 3.51. The third-order valence-electron chi connectivity index (χ3n) is 1.19. The summed E-state index contributed by atoms with van der Waals surface area (Å²) in [5, 5.41) is 0. The molecule has 1 heterocycles. The van der Waals surface area contributed by atoms with Gasteiger partial charge in [0, 0.05) is 10.7 Å². The van der Waals surface area contributed by atoms with Gasteiger partial charge in [-0.2, -0.15) is 0 Å². The largest absolute Gasteiger partial charge is 0.512 e. The first kappa shape index (κ1) is 10.0. The summed E-state index contributed by atoms with van der Waals surface area (Å²) in [5.41, 5.74) is -0.718. The standard InChI is InChI=1S/C5H2BBr2F3N/c7-3-1-4(6(9,10)11)5(8)12-2-3/h1-2H/q-1. The van der Waals surface area contributed by atoms with Gasteiger partial charge in [-0.3, -0.25) is 4.98 Å². The van der Waals surface area contributed by atoms with Crippen molar-refractivity contribution in [2.75, 3.05) is 0 Å². The molecule has 1 rings (SSSR count). The van der Waals surface area contributed by atoms with Crippen molar-refractivity contribution in [3.05, 3.63) is 21.3 Å². The van der Waals surface area contributed by atoms with Crippen LogP contribution in [0.15, 0.2) is 21.3 Å². The van der Waals surface area contributed by atoms with Gasteiger partial charge in [0.1, 0.15) is 0 Å². The summed E-state index contributed by atoms with van der Waals surface area (Å²) < 4.78 is 36.8. The van der Waals surface area contributed by atoms with E-state index in [2.05, 4.69) is 36.8 Å². The SMILES string of the molecule is F[B-](F)(F)c1cc(Br)cnc1Br. The average molecular weight is 304 g/mol. The minimum absolute atomic E-state index is 0.168. The molecule has 7 heteroatoms. The fraction of sp³-hybridized carbons (Fsp3) is 0. The fourth-order valence-corrected chi connectivity index (χ4v) is 1.49. The van der Waals surface area contributed by atoms with E-state index in [1.54, 1.807) is 0 Å². The van der Waals surface area contributed by atoms with Crippen LogP contribution in [0.1, 0.15) is 0 Å². The van der Waals surface area contributed by atoms with Crippen LogP contribution in [0.2, 0.25) is 0 Å². The lowest BCUT2D eigenvalue weighted by Crippen LogP contribution is -2.35. The molecule has 0 fully saturated rings. The van der Waals surface area contributed by atoms with E-state index < -0.39 is 12.4 Å². The van der Waals surface area contributed by atoms with E-state index in [4.69, 9.17) is 0 Å². The van der Waals surface area contributed by atoms with Gasteiger partial charge in [0.15, 0.2) is 0 Å². The van der Waals surface area contributed by atoms with Crippen molar-refractivity contribution in [3.8, 4) is 0 Å². The van der Waals surface area contributed by atoms with Crippen LogP contribution in [0.25, 0.3) is 0 Å². The van der Waals surface area contributed by atoms with E-state index in [0.29, 0.717) is 4.47 Å². The highest BCUT2D eigenvalue weighted by Crippen LogP contribution is 2.17. The molecule has 0 spiro atoms. The fourth-order valence-electron chi connectivity index (χ4n) is 0.668. The Bertz CT molecular complexity index is 301. The molecular weight excluding hydrogens is 302 g/mol. The van der Waals surface area contributed by atoms with Crippen molar-refractivity contribution in [2.24, 2.45) is 0 Å². The minimum Gasteiger partial charge on any atom is -0.445 e. The van der Waals surface area contributed by atoms with Crippen LogP contribution in [0.4, 0.5) is 12.9 Å². The van der Waals surface area contributed by atoms with Crippen LogP contribution in [0, 0.1) is 0 Å². The molecule has 12 heavy (non-hydrogen) atoms. The number of halogens is 5. The lowest BCUT2D eigenvalue weighted by molar-refractivity contribution is 0.500. The van der Waals surface area contributed by atoms with Gasteiger partial charge in [0.25, 0.3) is 0 Å². The molecule has 0 amide bonds. The second-order valence-corrected chi connectivity index (χ2v) is 3.78. The monoisotopic (exact) mass is 302 g/mol. The summed E-state index contributed by atoms with van der Waals surface area (Å²) in [6.07, 6.45) is 1.30. The summed E-state index contributed by atoms with van der Waals surface area (Å²) >= 11 is 5.65. The Morgan fingerprint density at radius 3 is 2.25 bits per heavy atom. The molecule has 0 bridgehead atoms. The molecule has 66 valence electrons. The van der Waals surface area contributed by atoms with E-state index >= 15 is 0 Å². The number of nitrogens with zero attached hydrogens (tertiary/aromatic N) is 1. The molecule has 0 aliphatic carbocycles. The lowest BCUT2D eigenvalue weighted by atomic mass is 9.82. The van der Waals surface area contributed by atoms with Crippen molar-refractivity contribution in [3.63, 3.8) is 0 Å². The maximum absolute atomic E-state index is 12.2. The van der Waals surface area contributed by atoms with Crippen molar-refractivity contribution >= 4 is 44.3 Å². The summed E-state index contributed by atoms with van der Waals surface area (Å²) in [7, 11) is 0. The highest BCUT2D eigenvalue weighted by atomic mass is 79.9. The zero-order chi connectivity index (χ0) is 9.35. The molecule has 0 aromatic carbocycles. The quantitative estimate of drug-likeness (QED) is 0.574. The Hall–Kier alpha value is -0.0351. The van der Waals surface area contributed by atoms with Crippen molar-refractivity contribution < 1.29 is 12.9 Å². The van der Waals surface area contributed by atoms with Gasteiger partial charge in [-0.15, -0.1) is 0 Å². The summed E-state index contributed by atoms with van der Waals surface area (Å²) in [6.45, 7) is -4.99. The molecule has 0 saturated carbocycles. The molecule has 1 aromatic heterocycles. The second kappa shape index (κ2) is 3.37. The topological polar surface area (TPSA) is 12.9 Å². The Kier molecular flexibility index (Phi) is 2.83. The molecule has 0 saturated heterocycles. The van der Waals surface area contributed by atoms with Crippen LogP contribution in [0.5, 0.6) is 0 Å². The van der Waals surface area contributed by atoms with Crippen molar-refractivity contribution in [1.82, 2.24) is 4.98 Å². The number of aromatic nitrogens is 1. The van der Waals surface area contributed by atoms with Gasteiger partial charge in [-0.05, 0) is 31.9 Å². The molecule has 1 aromatic rings. The van der Waals surface area contributed by atoms with E-state index in [9.17, 15) is 12.9 Å². The maximum atomic E-state index is 12.2. The highest BCUT2D eigenvalue weighted by Gasteiger charge is 2.28. The second-order valence-electron chi connectivity index (χ2n) is 2.11. The van der Waals surface area contributed by atoms with Gasteiger partial charge in [-0.25, -0.2) is 0 Å². The Morgan fingerprint density at radius 2 is 1.83 bits per heavy atom. The molecular formula is C5H2BBr2F3N-. The van der Waals surface area contributed by atoms with E-state index in [0.717, 1.165) is 6.07 Å².